The highest BCUT2D eigenvalue weighted by molar-refractivity contribution is 7.80. The maximum Gasteiger partial charge on any atom is 0.253 e. The lowest BCUT2D eigenvalue weighted by atomic mass is 9.94. The van der Waals surface area contributed by atoms with Crippen LogP contribution in [0.3, 0.4) is 0 Å². The summed E-state index contributed by atoms with van der Waals surface area (Å²) in [5.74, 6) is 0.0846. The van der Waals surface area contributed by atoms with Gasteiger partial charge < -0.3 is 10.6 Å². The van der Waals surface area contributed by atoms with Gasteiger partial charge in [0, 0.05) is 24.2 Å². The Bertz CT molecular complexity index is 464. The zero-order valence-electron chi connectivity index (χ0n) is 11.3. The van der Waals surface area contributed by atoms with E-state index in [4.69, 9.17) is 18.0 Å². The van der Waals surface area contributed by atoms with E-state index < -0.39 is 0 Å². The standard InChI is InChI=1S/C15H20N2OS/c1-17(13-5-3-2-4-6-13)15(18)12-9-7-11(8-10-12)14(16)19/h7-10,13H,2-6H2,1H3,(H2,16,19). The van der Waals surface area contributed by atoms with Gasteiger partial charge in [-0.05, 0) is 25.0 Å². The van der Waals surface area contributed by atoms with E-state index in [0.717, 1.165) is 18.4 Å². The Kier molecular flexibility index (Phi) is 4.53. The smallest absolute Gasteiger partial charge is 0.253 e. The van der Waals surface area contributed by atoms with Gasteiger partial charge in [0.2, 0.25) is 0 Å². The summed E-state index contributed by atoms with van der Waals surface area (Å²) >= 11 is 4.91. The van der Waals surface area contributed by atoms with Crippen LogP contribution in [0.4, 0.5) is 0 Å². The zero-order chi connectivity index (χ0) is 13.8. The Hall–Kier alpha value is -1.42. The molecule has 0 heterocycles. The fraction of sp³-hybridized carbons (Fsp3) is 0.467. The second kappa shape index (κ2) is 6.15. The quantitative estimate of drug-likeness (QED) is 0.863. The first-order valence-electron chi connectivity index (χ1n) is 6.76. The first kappa shape index (κ1) is 14.0. The third kappa shape index (κ3) is 3.32. The van der Waals surface area contributed by atoms with Gasteiger partial charge >= 0.3 is 0 Å². The average molecular weight is 276 g/mol. The van der Waals surface area contributed by atoms with Gasteiger partial charge in [0.1, 0.15) is 4.99 Å². The van der Waals surface area contributed by atoms with Crippen molar-refractivity contribution in [3.63, 3.8) is 0 Å². The number of nitrogens with zero attached hydrogens (tertiary/aromatic N) is 1. The van der Waals surface area contributed by atoms with Gasteiger partial charge in [0.25, 0.3) is 5.91 Å². The summed E-state index contributed by atoms with van der Waals surface area (Å²) < 4.78 is 0. The largest absolute Gasteiger partial charge is 0.389 e. The number of carbonyl (C=O) groups is 1. The van der Waals surface area contributed by atoms with Crippen LogP contribution in [0.15, 0.2) is 24.3 Å². The van der Waals surface area contributed by atoms with Gasteiger partial charge in [-0.2, -0.15) is 0 Å². The Morgan fingerprint density at radius 2 is 1.68 bits per heavy atom. The molecule has 2 N–H and O–H groups in total. The average Bonchev–Trinajstić information content (AvgIpc) is 2.46. The number of nitrogens with two attached hydrogens (primary N) is 1. The number of carbonyl (C=O) groups excluding carboxylic acids is 1. The molecule has 1 amide bonds. The third-order valence-corrected chi connectivity index (χ3v) is 4.09. The van der Waals surface area contributed by atoms with Crippen molar-refractivity contribution in [2.45, 2.75) is 38.1 Å². The Balaban J connectivity index is 2.07. The van der Waals surface area contributed by atoms with Crippen molar-refractivity contribution < 1.29 is 4.79 Å². The lowest BCUT2D eigenvalue weighted by Crippen LogP contribution is -2.38. The van der Waals surface area contributed by atoms with E-state index in [-0.39, 0.29) is 5.91 Å². The van der Waals surface area contributed by atoms with Crippen molar-refractivity contribution in [3.8, 4) is 0 Å². The van der Waals surface area contributed by atoms with Crippen LogP contribution in [0.2, 0.25) is 0 Å². The molecule has 0 aliphatic heterocycles. The SMILES string of the molecule is CN(C(=O)c1ccc(C(N)=S)cc1)C1CCCCC1. The summed E-state index contributed by atoms with van der Waals surface area (Å²) in [6, 6.07) is 7.61. The second-order valence-corrected chi connectivity index (χ2v) is 5.59. The van der Waals surface area contributed by atoms with Crippen molar-refractivity contribution in [1.82, 2.24) is 4.90 Å². The molecule has 1 aromatic rings. The van der Waals surface area contributed by atoms with Gasteiger partial charge in [-0.15, -0.1) is 0 Å². The summed E-state index contributed by atoms with van der Waals surface area (Å²) in [5, 5.41) is 0. The van der Waals surface area contributed by atoms with E-state index in [2.05, 4.69) is 0 Å². The molecule has 1 aromatic carbocycles. The molecule has 1 aliphatic rings. The minimum atomic E-state index is 0.0846. The predicted octanol–water partition coefficient (Wildman–Crippen LogP) is 2.73. The summed E-state index contributed by atoms with van der Waals surface area (Å²) in [7, 11) is 1.90. The Morgan fingerprint density at radius 3 is 2.21 bits per heavy atom. The van der Waals surface area contributed by atoms with Crippen molar-refractivity contribution in [3.05, 3.63) is 35.4 Å². The number of rotatable bonds is 3. The van der Waals surface area contributed by atoms with Crippen LogP contribution < -0.4 is 5.73 Å². The molecule has 1 saturated carbocycles. The van der Waals surface area contributed by atoms with E-state index in [1.165, 1.54) is 19.3 Å². The highest BCUT2D eigenvalue weighted by Crippen LogP contribution is 2.22. The van der Waals surface area contributed by atoms with Crippen LogP contribution in [0, 0.1) is 0 Å². The minimum absolute atomic E-state index is 0.0846. The third-order valence-electron chi connectivity index (χ3n) is 3.86. The van der Waals surface area contributed by atoms with Crippen molar-refractivity contribution >= 4 is 23.1 Å². The summed E-state index contributed by atoms with van der Waals surface area (Å²) in [6.07, 6.45) is 5.98. The van der Waals surface area contributed by atoms with Crippen LogP contribution in [0.1, 0.15) is 48.0 Å². The minimum Gasteiger partial charge on any atom is -0.389 e. The molecular formula is C15H20N2OS. The van der Waals surface area contributed by atoms with E-state index >= 15 is 0 Å². The van der Waals surface area contributed by atoms with E-state index in [0.29, 0.717) is 16.6 Å². The number of hydrogen-bond acceptors (Lipinski definition) is 2. The van der Waals surface area contributed by atoms with Gasteiger partial charge in [-0.3, -0.25) is 4.79 Å². The molecule has 0 aromatic heterocycles. The van der Waals surface area contributed by atoms with E-state index in [1.54, 1.807) is 12.1 Å². The molecule has 0 spiro atoms. The summed E-state index contributed by atoms with van der Waals surface area (Å²) in [4.78, 5) is 14.6. The molecule has 19 heavy (non-hydrogen) atoms. The fourth-order valence-electron chi connectivity index (χ4n) is 2.61. The number of amides is 1. The monoisotopic (exact) mass is 276 g/mol. The first-order chi connectivity index (χ1) is 9.09. The molecule has 0 atom stereocenters. The number of benzene rings is 1. The highest BCUT2D eigenvalue weighted by atomic mass is 32.1. The molecule has 0 unspecified atom stereocenters. The molecule has 2 rings (SSSR count). The van der Waals surface area contributed by atoms with Crippen molar-refractivity contribution in [1.29, 1.82) is 0 Å². The lowest BCUT2D eigenvalue weighted by molar-refractivity contribution is 0.0696. The summed E-state index contributed by atoms with van der Waals surface area (Å²) in [6.45, 7) is 0. The molecule has 0 bridgehead atoms. The molecule has 3 nitrogen and oxygen atoms in total. The number of hydrogen-bond donors (Lipinski definition) is 1. The molecule has 1 fully saturated rings. The fourth-order valence-corrected chi connectivity index (χ4v) is 2.75. The Morgan fingerprint density at radius 1 is 1.16 bits per heavy atom. The van der Waals surface area contributed by atoms with Crippen molar-refractivity contribution in [2.75, 3.05) is 7.05 Å². The second-order valence-electron chi connectivity index (χ2n) is 5.15. The molecule has 0 saturated heterocycles. The Labute approximate surface area is 119 Å². The van der Waals surface area contributed by atoms with Crippen LogP contribution in [0.25, 0.3) is 0 Å². The van der Waals surface area contributed by atoms with Crippen molar-refractivity contribution in [2.24, 2.45) is 5.73 Å². The molecule has 4 heteroatoms. The summed E-state index contributed by atoms with van der Waals surface area (Å²) in [5.41, 5.74) is 7.05. The molecular weight excluding hydrogens is 256 g/mol. The molecule has 102 valence electrons. The van der Waals surface area contributed by atoms with Crippen LogP contribution in [-0.2, 0) is 0 Å². The predicted molar refractivity (Wildman–Crippen MR) is 81.3 cm³/mol. The van der Waals surface area contributed by atoms with Crippen LogP contribution in [0.5, 0.6) is 0 Å². The van der Waals surface area contributed by atoms with Gasteiger partial charge in [0.15, 0.2) is 0 Å². The highest BCUT2D eigenvalue weighted by Gasteiger charge is 2.22. The first-order valence-corrected chi connectivity index (χ1v) is 7.17. The topological polar surface area (TPSA) is 46.3 Å². The van der Waals surface area contributed by atoms with Crippen LogP contribution in [-0.4, -0.2) is 28.9 Å². The van der Waals surface area contributed by atoms with Gasteiger partial charge in [-0.1, -0.05) is 43.6 Å². The molecule has 0 radical (unpaired) electrons. The molecule has 1 aliphatic carbocycles. The van der Waals surface area contributed by atoms with Gasteiger partial charge in [-0.25, -0.2) is 0 Å². The van der Waals surface area contributed by atoms with Crippen LogP contribution >= 0.6 is 12.2 Å². The lowest BCUT2D eigenvalue weighted by Gasteiger charge is -2.31. The zero-order valence-corrected chi connectivity index (χ0v) is 12.1. The van der Waals surface area contributed by atoms with Gasteiger partial charge in [0.05, 0.1) is 0 Å². The number of thiocarbonyl (C=S) groups is 1. The maximum atomic E-state index is 12.4. The van der Waals surface area contributed by atoms with E-state index in [9.17, 15) is 4.79 Å². The normalized spacial score (nSPS) is 16.1. The maximum absolute atomic E-state index is 12.4. The van der Waals surface area contributed by atoms with E-state index in [1.807, 2.05) is 24.1 Å².